The standard InChI is InChI=1S/C12H24N2O2/c1-4-14(11-5-6-11)7-12(16)13-10(3)9(2)8-15/h9-11,15H,4-8H2,1-3H3,(H,13,16). The van der Waals surface area contributed by atoms with Crippen molar-refractivity contribution < 1.29 is 9.90 Å². The van der Waals surface area contributed by atoms with Crippen molar-refractivity contribution in [2.45, 2.75) is 45.7 Å². The number of carbonyl (C=O) groups excluding carboxylic acids is 1. The van der Waals surface area contributed by atoms with Gasteiger partial charge in [0.2, 0.25) is 5.91 Å². The Hall–Kier alpha value is -0.610. The molecule has 0 aromatic carbocycles. The van der Waals surface area contributed by atoms with E-state index >= 15 is 0 Å². The van der Waals surface area contributed by atoms with Crippen molar-refractivity contribution in [3.63, 3.8) is 0 Å². The molecule has 0 bridgehead atoms. The quantitative estimate of drug-likeness (QED) is 0.671. The third-order valence-corrected chi connectivity index (χ3v) is 3.35. The van der Waals surface area contributed by atoms with Crippen LogP contribution in [0.25, 0.3) is 0 Å². The first-order valence-corrected chi connectivity index (χ1v) is 6.22. The van der Waals surface area contributed by atoms with E-state index in [0.29, 0.717) is 12.6 Å². The summed E-state index contributed by atoms with van der Waals surface area (Å²) < 4.78 is 0. The number of likely N-dealkylation sites (N-methyl/N-ethyl adjacent to an activating group) is 1. The number of aliphatic hydroxyl groups is 1. The zero-order chi connectivity index (χ0) is 12.1. The number of hydrogen-bond donors (Lipinski definition) is 2. The van der Waals surface area contributed by atoms with Gasteiger partial charge in [0.1, 0.15) is 0 Å². The van der Waals surface area contributed by atoms with Crippen molar-refractivity contribution in [1.29, 1.82) is 0 Å². The lowest BCUT2D eigenvalue weighted by molar-refractivity contribution is -0.123. The van der Waals surface area contributed by atoms with E-state index in [4.69, 9.17) is 5.11 Å². The van der Waals surface area contributed by atoms with Gasteiger partial charge < -0.3 is 10.4 Å². The lowest BCUT2D eigenvalue weighted by atomic mass is 10.1. The van der Waals surface area contributed by atoms with Crippen LogP contribution < -0.4 is 5.32 Å². The molecule has 0 aliphatic heterocycles. The summed E-state index contributed by atoms with van der Waals surface area (Å²) in [5.41, 5.74) is 0. The van der Waals surface area contributed by atoms with Crippen LogP contribution in [0.15, 0.2) is 0 Å². The van der Waals surface area contributed by atoms with E-state index < -0.39 is 0 Å². The molecule has 4 heteroatoms. The largest absolute Gasteiger partial charge is 0.396 e. The zero-order valence-electron chi connectivity index (χ0n) is 10.6. The minimum Gasteiger partial charge on any atom is -0.396 e. The molecule has 1 aliphatic rings. The highest BCUT2D eigenvalue weighted by molar-refractivity contribution is 5.78. The Balaban J connectivity index is 2.28. The molecule has 4 nitrogen and oxygen atoms in total. The molecule has 1 amide bonds. The van der Waals surface area contributed by atoms with Crippen LogP contribution in [0.1, 0.15) is 33.6 Å². The van der Waals surface area contributed by atoms with Crippen LogP contribution >= 0.6 is 0 Å². The van der Waals surface area contributed by atoms with Crippen LogP contribution in [0.5, 0.6) is 0 Å². The van der Waals surface area contributed by atoms with Crippen LogP contribution in [-0.2, 0) is 4.79 Å². The SMILES string of the molecule is CCN(CC(=O)NC(C)C(C)CO)C1CC1. The monoisotopic (exact) mass is 228 g/mol. The highest BCUT2D eigenvalue weighted by Crippen LogP contribution is 2.25. The second kappa shape index (κ2) is 6.21. The summed E-state index contributed by atoms with van der Waals surface area (Å²) in [6.07, 6.45) is 2.45. The smallest absolute Gasteiger partial charge is 0.234 e. The van der Waals surface area contributed by atoms with Crippen LogP contribution in [0, 0.1) is 5.92 Å². The molecule has 0 aromatic heterocycles. The predicted molar refractivity (Wildman–Crippen MR) is 64.1 cm³/mol. The Morgan fingerprint density at radius 3 is 2.56 bits per heavy atom. The van der Waals surface area contributed by atoms with Gasteiger partial charge in [-0.15, -0.1) is 0 Å². The molecule has 0 spiro atoms. The zero-order valence-corrected chi connectivity index (χ0v) is 10.6. The van der Waals surface area contributed by atoms with Gasteiger partial charge in [-0.1, -0.05) is 13.8 Å². The Morgan fingerprint density at radius 1 is 1.50 bits per heavy atom. The van der Waals surface area contributed by atoms with Crippen molar-refractivity contribution in [2.24, 2.45) is 5.92 Å². The number of nitrogens with one attached hydrogen (secondary N) is 1. The maximum Gasteiger partial charge on any atom is 0.234 e. The second-order valence-corrected chi connectivity index (χ2v) is 4.81. The van der Waals surface area contributed by atoms with Crippen LogP contribution in [-0.4, -0.2) is 47.7 Å². The summed E-state index contributed by atoms with van der Waals surface area (Å²) in [6.45, 7) is 7.49. The Labute approximate surface area is 98.0 Å². The van der Waals surface area contributed by atoms with Crippen LogP contribution in [0.4, 0.5) is 0 Å². The van der Waals surface area contributed by atoms with Crippen LogP contribution in [0.3, 0.4) is 0 Å². The fourth-order valence-electron chi connectivity index (χ4n) is 1.72. The Morgan fingerprint density at radius 2 is 2.12 bits per heavy atom. The molecule has 1 saturated carbocycles. The number of aliphatic hydroxyl groups excluding tert-OH is 1. The maximum atomic E-state index is 11.7. The van der Waals surface area contributed by atoms with Crippen molar-refractivity contribution in [1.82, 2.24) is 10.2 Å². The molecule has 0 aromatic rings. The third-order valence-electron chi connectivity index (χ3n) is 3.35. The summed E-state index contributed by atoms with van der Waals surface area (Å²) in [7, 11) is 0. The first-order chi connectivity index (χ1) is 7.58. The van der Waals surface area contributed by atoms with Crippen molar-refractivity contribution in [3.8, 4) is 0 Å². The van der Waals surface area contributed by atoms with Gasteiger partial charge in [0.25, 0.3) is 0 Å². The van der Waals surface area contributed by atoms with Crippen molar-refractivity contribution in [3.05, 3.63) is 0 Å². The number of amides is 1. The summed E-state index contributed by atoms with van der Waals surface area (Å²) in [5, 5.41) is 11.9. The van der Waals surface area contributed by atoms with E-state index in [2.05, 4.69) is 17.1 Å². The molecule has 0 saturated heterocycles. The Bertz CT molecular complexity index is 229. The van der Waals surface area contributed by atoms with Gasteiger partial charge in [0.05, 0.1) is 6.54 Å². The molecule has 1 fully saturated rings. The number of rotatable bonds is 7. The number of nitrogens with zero attached hydrogens (tertiary/aromatic N) is 1. The van der Waals surface area contributed by atoms with Crippen molar-refractivity contribution in [2.75, 3.05) is 19.7 Å². The summed E-state index contributed by atoms with van der Waals surface area (Å²) in [6, 6.07) is 0.664. The minimum atomic E-state index is 0.0374. The molecular formula is C12H24N2O2. The van der Waals surface area contributed by atoms with Gasteiger partial charge in [-0.25, -0.2) is 0 Å². The third kappa shape index (κ3) is 4.10. The minimum absolute atomic E-state index is 0.0374. The molecule has 16 heavy (non-hydrogen) atoms. The molecular weight excluding hydrogens is 204 g/mol. The molecule has 1 aliphatic carbocycles. The lowest BCUT2D eigenvalue weighted by Crippen LogP contribution is -2.44. The Kier molecular flexibility index (Phi) is 5.22. The van der Waals surface area contributed by atoms with E-state index in [1.54, 1.807) is 0 Å². The van der Waals surface area contributed by atoms with Gasteiger partial charge in [0.15, 0.2) is 0 Å². The molecule has 2 N–H and O–H groups in total. The fourth-order valence-corrected chi connectivity index (χ4v) is 1.72. The summed E-state index contributed by atoms with van der Waals surface area (Å²) in [4.78, 5) is 14.0. The maximum absolute atomic E-state index is 11.7. The molecule has 0 heterocycles. The van der Waals surface area contributed by atoms with Crippen molar-refractivity contribution >= 4 is 5.91 Å². The van der Waals surface area contributed by atoms with E-state index in [9.17, 15) is 4.79 Å². The first-order valence-electron chi connectivity index (χ1n) is 6.22. The van der Waals surface area contributed by atoms with E-state index in [1.165, 1.54) is 12.8 Å². The molecule has 2 atom stereocenters. The normalized spacial score (nSPS) is 19.6. The molecule has 0 radical (unpaired) electrons. The first kappa shape index (κ1) is 13.5. The van der Waals surface area contributed by atoms with Crippen LogP contribution in [0.2, 0.25) is 0 Å². The van der Waals surface area contributed by atoms with Gasteiger partial charge >= 0.3 is 0 Å². The predicted octanol–water partition coefficient (Wildman–Crippen LogP) is 0.604. The average molecular weight is 228 g/mol. The van der Waals surface area contributed by atoms with Gasteiger partial charge in [-0.05, 0) is 32.2 Å². The average Bonchev–Trinajstić information content (AvgIpc) is 3.08. The fraction of sp³-hybridized carbons (Fsp3) is 0.917. The number of carbonyl (C=O) groups is 1. The molecule has 1 rings (SSSR count). The molecule has 94 valence electrons. The summed E-state index contributed by atoms with van der Waals surface area (Å²) in [5.74, 6) is 0.182. The second-order valence-electron chi connectivity index (χ2n) is 4.81. The summed E-state index contributed by atoms with van der Waals surface area (Å²) >= 11 is 0. The van der Waals surface area contributed by atoms with Gasteiger partial charge in [-0.2, -0.15) is 0 Å². The lowest BCUT2D eigenvalue weighted by Gasteiger charge is -2.23. The highest BCUT2D eigenvalue weighted by Gasteiger charge is 2.29. The molecule has 2 unspecified atom stereocenters. The van der Waals surface area contributed by atoms with Gasteiger partial charge in [-0.3, -0.25) is 9.69 Å². The van der Waals surface area contributed by atoms with E-state index in [1.807, 2.05) is 13.8 Å². The number of hydrogen-bond acceptors (Lipinski definition) is 3. The highest BCUT2D eigenvalue weighted by atomic mass is 16.3. The van der Waals surface area contributed by atoms with Gasteiger partial charge in [0, 0.05) is 18.7 Å². The van der Waals surface area contributed by atoms with E-state index in [0.717, 1.165) is 6.54 Å². The van der Waals surface area contributed by atoms with E-state index in [-0.39, 0.29) is 24.5 Å². The topological polar surface area (TPSA) is 52.6 Å².